The average molecular weight is 572 g/mol. The standard InChI is InChI=1S/C37H38N4S/c1-27-18-22-40(23-19-27)20-9-21-41-35-14-7-8-15-36(35)42-37(41)26-29-25-31(39(2)34-13-6-4-11-32(29)34)17-16-30-24-28-10-3-5-12-33(28)38-30/h3-8,10-17,24-27H,9,18-23H2,1-2H3/p+1/b37-26-. The van der Waals surface area contributed by atoms with Gasteiger partial charge in [-0.1, -0.05) is 61.2 Å². The predicted molar refractivity (Wildman–Crippen MR) is 179 cm³/mol. The molecule has 1 fully saturated rings. The van der Waals surface area contributed by atoms with Crippen LogP contribution in [0.5, 0.6) is 0 Å². The minimum absolute atomic E-state index is 0.877. The zero-order valence-corrected chi connectivity index (χ0v) is 25.4. The molecule has 0 radical (unpaired) electrons. The number of nitrogens with zero attached hydrogens (tertiary/aromatic N) is 3. The second-order valence-electron chi connectivity index (χ2n) is 11.8. The molecule has 0 unspecified atom stereocenters. The summed E-state index contributed by atoms with van der Waals surface area (Å²) in [6, 6.07) is 30.6. The Morgan fingerprint density at radius 3 is 2.57 bits per heavy atom. The third kappa shape index (κ3) is 5.51. The number of anilines is 1. The van der Waals surface area contributed by atoms with Crippen LogP contribution in [-0.2, 0) is 7.05 Å². The molecule has 0 bridgehead atoms. The number of hydrogen-bond donors (Lipinski definition) is 1. The zero-order chi connectivity index (χ0) is 28.5. The van der Waals surface area contributed by atoms with Crippen LogP contribution in [0.15, 0.2) is 94.9 Å². The second kappa shape index (κ2) is 11.8. The van der Waals surface area contributed by atoms with Crippen molar-refractivity contribution < 1.29 is 4.57 Å². The molecule has 3 aromatic carbocycles. The highest BCUT2D eigenvalue weighted by Crippen LogP contribution is 2.46. The largest absolute Gasteiger partial charge is 0.355 e. The molecule has 4 heterocycles. The second-order valence-corrected chi connectivity index (χ2v) is 12.9. The molecule has 7 rings (SSSR count). The SMILES string of the molecule is CC1CCN(CCCN2/C(=C/c3cc(/C=C/c4cc5ccccc5[nH]4)[n+](C)c4ccccc34)Sc3ccccc32)CC1. The summed E-state index contributed by atoms with van der Waals surface area (Å²) in [6.07, 6.45) is 10.7. The van der Waals surface area contributed by atoms with Crippen molar-refractivity contribution in [1.82, 2.24) is 9.88 Å². The van der Waals surface area contributed by atoms with Gasteiger partial charge in [0, 0.05) is 40.9 Å². The number of pyridine rings is 1. The van der Waals surface area contributed by atoms with Crippen LogP contribution in [0.2, 0.25) is 0 Å². The van der Waals surface area contributed by atoms with Crippen LogP contribution in [0, 0.1) is 5.92 Å². The fourth-order valence-corrected chi connectivity index (χ4v) is 7.53. The highest BCUT2D eigenvalue weighted by molar-refractivity contribution is 8.03. The third-order valence-electron chi connectivity index (χ3n) is 8.90. The fraction of sp³-hybridized carbons (Fsp3) is 0.270. The van der Waals surface area contributed by atoms with Gasteiger partial charge in [-0.2, -0.15) is 4.57 Å². The Hall–Kier alpha value is -3.80. The van der Waals surface area contributed by atoms with Crippen LogP contribution in [0.1, 0.15) is 43.1 Å². The monoisotopic (exact) mass is 571 g/mol. The Morgan fingerprint density at radius 2 is 1.69 bits per heavy atom. The van der Waals surface area contributed by atoms with Gasteiger partial charge in [-0.05, 0) is 98.2 Å². The van der Waals surface area contributed by atoms with Gasteiger partial charge in [0.05, 0.1) is 16.1 Å². The number of hydrogen-bond acceptors (Lipinski definition) is 3. The van der Waals surface area contributed by atoms with Gasteiger partial charge < -0.3 is 14.8 Å². The minimum Gasteiger partial charge on any atom is -0.355 e. The summed E-state index contributed by atoms with van der Waals surface area (Å²) in [5.41, 5.74) is 7.27. The van der Waals surface area contributed by atoms with Gasteiger partial charge in [0.1, 0.15) is 7.05 Å². The normalized spacial score (nSPS) is 17.3. The minimum atomic E-state index is 0.877. The lowest BCUT2D eigenvalue weighted by molar-refractivity contribution is -0.646. The summed E-state index contributed by atoms with van der Waals surface area (Å²) in [7, 11) is 2.16. The fourth-order valence-electron chi connectivity index (χ4n) is 6.39. The number of aryl methyl sites for hydroxylation is 1. The molecule has 0 aliphatic carbocycles. The number of aromatic nitrogens is 2. The molecular formula is C37H39N4S+. The first-order valence-electron chi connectivity index (χ1n) is 15.3. The molecule has 0 amide bonds. The number of para-hydroxylation sites is 3. The van der Waals surface area contributed by atoms with Gasteiger partial charge >= 0.3 is 0 Å². The van der Waals surface area contributed by atoms with E-state index in [1.807, 2.05) is 11.8 Å². The molecular weight excluding hydrogens is 533 g/mol. The maximum Gasteiger partial charge on any atom is 0.213 e. The van der Waals surface area contributed by atoms with E-state index in [0.717, 1.165) is 18.2 Å². The van der Waals surface area contributed by atoms with Crippen molar-refractivity contribution in [3.05, 3.63) is 107 Å². The van der Waals surface area contributed by atoms with E-state index < -0.39 is 0 Å². The molecule has 4 nitrogen and oxygen atoms in total. The predicted octanol–water partition coefficient (Wildman–Crippen LogP) is 8.35. The number of H-pyrrole nitrogens is 1. The molecule has 2 aliphatic rings. The molecule has 1 saturated heterocycles. The highest BCUT2D eigenvalue weighted by Gasteiger charge is 2.26. The van der Waals surface area contributed by atoms with Gasteiger partial charge in [-0.3, -0.25) is 0 Å². The maximum atomic E-state index is 3.54. The smallest absolute Gasteiger partial charge is 0.213 e. The number of thioether (sulfide) groups is 1. The molecule has 42 heavy (non-hydrogen) atoms. The molecule has 2 aromatic heterocycles. The molecule has 0 saturated carbocycles. The van der Waals surface area contributed by atoms with Crippen LogP contribution in [0.4, 0.5) is 5.69 Å². The van der Waals surface area contributed by atoms with Crippen molar-refractivity contribution in [3.8, 4) is 0 Å². The van der Waals surface area contributed by atoms with Crippen molar-refractivity contribution >= 4 is 57.5 Å². The summed E-state index contributed by atoms with van der Waals surface area (Å²) in [4.78, 5) is 10.1. The number of fused-ring (bicyclic) bond motifs is 3. The van der Waals surface area contributed by atoms with Gasteiger partial charge in [-0.25, -0.2) is 0 Å². The van der Waals surface area contributed by atoms with Crippen LogP contribution in [0.25, 0.3) is 40.0 Å². The number of nitrogens with one attached hydrogen (secondary N) is 1. The Balaban J connectivity index is 1.21. The number of rotatable bonds is 7. The van der Waals surface area contributed by atoms with Crippen molar-refractivity contribution in [2.45, 2.75) is 31.1 Å². The van der Waals surface area contributed by atoms with Crippen molar-refractivity contribution in [1.29, 1.82) is 0 Å². The Kier molecular flexibility index (Phi) is 7.62. The molecule has 1 N–H and O–H groups in total. The third-order valence-corrected chi connectivity index (χ3v) is 10.0. The van der Waals surface area contributed by atoms with Crippen LogP contribution < -0.4 is 9.47 Å². The molecule has 212 valence electrons. The van der Waals surface area contributed by atoms with Crippen LogP contribution in [0.3, 0.4) is 0 Å². The molecule has 0 spiro atoms. The highest BCUT2D eigenvalue weighted by atomic mass is 32.2. The zero-order valence-electron chi connectivity index (χ0n) is 24.6. The van der Waals surface area contributed by atoms with Crippen molar-refractivity contribution in [3.63, 3.8) is 0 Å². The molecule has 0 atom stereocenters. The number of aromatic amines is 1. The molecule has 5 aromatic rings. The lowest BCUT2D eigenvalue weighted by Crippen LogP contribution is -2.35. The topological polar surface area (TPSA) is 26.1 Å². The summed E-state index contributed by atoms with van der Waals surface area (Å²) >= 11 is 1.90. The first-order valence-corrected chi connectivity index (χ1v) is 16.1. The lowest BCUT2D eigenvalue weighted by Gasteiger charge is -2.31. The maximum absolute atomic E-state index is 3.54. The summed E-state index contributed by atoms with van der Waals surface area (Å²) in [6.45, 7) is 7.10. The van der Waals surface area contributed by atoms with Gasteiger partial charge in [0.25, 0.3) is 0 Å². The van der Waals surface area contributed by atoms with Gasteiger partial charge in [-0.15, -0.1) is 0 Å². The van der Waals surface area contributed by atoms with E-state index in [0.29, 0.717) is 0 Å². The summed E-state index contributed by atoms with van der Waals surface area (Å²) in [5, 5.41) is 3.82. The Bertz CT molecular complexity index is 1760. The number of likely N-dealkylation sites (tertiary alicyclic amines) is 1. The van der Waals surface area contributed by atoms with E-state index in [2.05, 4.69) is 136 Å². The van der Waals surface area contributed by atoms with E-state index in [-0.39, 0.29) is 0 Å². The summed E-state index contributed by atoms with van der Waals surface area (Å²) < 4.78 is 2.30. The van der Waals surface area contributed by atoms with Crippen molar-refractivity contribution in [2.75, 3.05) is 31.1 Å². The van der Waals surface area contributed by atoms with E-state index >= 15 is 0 Å². The first kappa shape index (κ1) is 27.1. The van der Waals surface area contributed by atoms with E-state index in [1.165, 1.54) is 87.6 Å². The first-order chi connectivity index (χ1) is 20.6. The van der Waals surface area contributed by atoms with Crippen LogP contribution in [-0.4, -0.2) is 36.1 Å². The van der Waals surface area contributed by atoms with E-state index in [1.54, 1.807) is 0 Å². The van der Waals surface area contributed by atoms with Gasteiger partial charge in [0.15, 0.2) is 0 Å². The number of piperidine rings is 1. The quantitative estimate of drug-likeness (QED) is 0.199. The average Bonchev–Trinajstić information content (AvgIpc) is 3.59. The van der Waals surface area contributed by atoms with E-state index in [4.69, 9.17) is 0 Å². The lowest BCUT2D eigenvalue weighted by atomic mass is 9.99. The van der Waals surface area contributed by atoms with Gasteiger partial charge in [0.2, 0.25) is 11.2 Å². The van der Waals surface area contributed by atoms with Crippen LogP contribution >= 0.6 is 11.8 Å². The van der Waals surface area contributed by atoms with E-state index in [9.17, 15) is 0 Å². The Labute approximate surface area is 253 Å². The molecule has 2 aliphatic heterocycles. The number of benzene rings is 3. The summed E-state index contributed by atoms with van der Waals surface area (Å²) in [5.74, 6) is 0.877. The molecule has 5 heteroatoms. The Morgan fingerprint density at radius 1 is 0.905 bits per heavy atom. The van der Waals surface area contributed by atoms with Crippen molar-refractivity contribution in [2.24, 2.45) is 13.0 Å².